The number of hydrogen-bond acceptors (Lipinski definition) is 15. The maximum absolute atomic E-state index is 13.1. The quantitative estimate of drug-likeness (QED) is 0.0222. The third-order valence-corrected chi connectivity index (χ3v) is 20.7. The molecule has 0 aromatic heterocycles. The van der Waals surface area contributed by atoms with Crippen LogP contribution >= 0.6 is 15.6 Å². The Morgan fingerprint density at radius 2 is 0.465 bits per heavy atom. The number of rotatable bonds is 80. The maximum Gasteiger partial charge on any atom is 0.472 e. The van der Waals surface area contributed by atoms with Gasteiger partial charge in [0, 0.05) is 25.7 Å². The Hall–Kier alpha value is -1.94. The number of unbranched alkanes of at least 4 members (excludes halogenated alkanes) is 52. The smallest absolute Gasteiger partial charge is 0.462 e. The van der Waals surface area contributed by atoms with Crippen molar-refractivity contribution in [1.29, 1.82) is 0 Å². The molecule has 0 aliphatic carbocycles. The summed E-state index contributed by atoms with van der Waals surface area (Å²) >= 11 is 0. The number of aliphatic hydroxyl groups is 1. The Kier molecular flexibility index (Phi) is 71.6. The van der Waals surface area contributed by atoms with Crippen molar-refractivity contribution in [2.45, 2.75) is 445 Å². The molecule has 0 rings (SSSR count). The fourth-order valence-corrected chi connectivity index (χ4v) is 14.0. The summed E-state index contributed by atoms with van der Waals surface area (Å²) in [6.45, 7) is 7.24. The van der Waals surface area contributed by atoms with Gasteiger partial charge in [-0.1, -0.05) is 375 Å². The van der Waals surface area contributed by atoms with Crippen LogP contribution in [0.4, 0.5) is 0 Å². The molecule has 0 saturated heterocycles. The zero-order chi connectivity index (χ0) is 72.7. The molecule has 99 heavy (non-hydrogen) atoms. The molecule has 588 valence electrons. The molecular formula is C80H156O17P2. The number of phosphoric ester groups is 2. The van der Waals surface area contributed by atoms with Gasteiger partial charge >= 0.3 is 39.5 Å². The molecule has 0 bridgehead atoms. The lowest BCUT2D eigenvalue weighted by atomic mass is 10.0. The zero-order valence-corrected chi connectivity index (χ0v) is 66.4. The van der Waals surface area contributed by atoms with E-state index in [-0.39, 0.29) is 25.7 Å². The Balaban J connectivity index is 5.21. The van der Waals surface area contributed by atoms with E-state index in [1.165, 1.54) is 244 Å². The highest BCUT2D eigenvalue weighted by molar-refractivity contribution is 7.47. The van der Waals surface area contributed by atoms with Crippen LogP contribution in [0.3, 0.4) is 0 Å². The molecule has 0 aromatic rings. The van der Waals surface area contributed by atoms with Gasteiger partial charge < -0.3 is 33.8 Å². The minimum Gasteiger partial charge on any atom is -0.462 e. The zero-order valence-electron chi connectivity index (χ0n) is 64.6. The van der Waals surface area contributed by atoms with Crippen LogP contribution in [0.15, 0.2) is 0 Å². The second-order valence-electron chi connectivity index (χ2n) is 29.3. The van der Waals surface area contributed by atoms with E-state index in [4.69, 9.17) is 37.0 Å². The molecule has 0 saturated carbocycles. The third kappa shape index (κ3) is 74.1. The van der Waals surface area contributed by atoms with E-state index in [2.05, 4.69) is 34.6 Å². The van der Waals surface area contributed by atoms with Crippen LogP contribution in [-0.2, 0) is 65.4 Å². The third-order valence-electron chi connectivity index (χ3n) is 18.8. The van der Waals surface area contributed by atoms with Crippen LogP contribution < -0.4 is 0 Å². The predicted molar refractivity (Wildman–Crippen MR) is 405 cm³/mol. The summed E-state index contributed by atoms with van der Waals surface area (Å²) in [6, 6.07) is 0. The van der Waals surface area contributed by atoms with Gasteiger partial charge in [0.15, 0.2) is 12.2 Å². The van der Waals surface area contributed by atoms with E-state index in [0.717, 1.165) is 96.3 Å². The summed E-state index contributed by atoms with van der Waals surface area (Å²) in [6.07, 6.45) is 64.0. The van der Waals surface area contributed by atoms with Gasteiger partial charge in [-0.25, -0.2) is 9.13 Å². The van der Waals surface area contributed by atoms with E-state index in [1.54, 1.807) is 0 Å². The van der Waals surface area contributed by atoms with Crippen molar-refractivity contribution in [2.75, 3.05) is 39.6 Å². The number of carbonyl (C=O) groups excluding carboxylic acids is 4. The minimum atomic E-state index is -4.96. The monoisotopic (exact) mass is 1450 g/mol. The average Bonchev–Trinajstić information content (AvgIpc) is 1.10. The first-order valence-corrected chi connectivity index (χ1v) is 44.6. The highest BCUT2D eigenvalue weighted by Crippen LogP contribution is 2.45. The van der Waals surface area contributed by atoms with Gasteiger partial charge in [-0.15, -0.1) is 0 Å². The van der Waals surface area contributed by atoms with Crippen LogP contribution in [0.2, 0.25) is 0 Å². The molecule has 0 aliphatic heterocycles. The fraction of sp³-hybridized carbons (Fsp3) is 0.950. The lowest BCUT2D eigenvalue weighted by molar-refractivity contribution is -0.161. The Bertz CT molecular complexity index is 1890. The van der Waals surface area contributed by atoms with Crippen molar-refractivity contribution >= 4 is 39.5 Å². The number of phosphoric acid groups is 2. The first kappa shape index (κ1) is 97.1. The van der Waals surface area contributed by atoms with E-state index in [0.29, 0.717) is 31.6 Å². The molecule has 0 radical (unpaired) electrons. The first-order chi connectivity index (χ1) is 48.0. The molecule has 0 heterocycles. The highest BCUT2D eigenvalue weighted by Gasteiger charge is 2.30. The molecule has 3 N–H and O–H groups in total. The van der Waals surface area contributed by atoms with E-state index in [9.17, 15) is 43.2 Å². The number of ether oxygens (including phenoxy) is 4. The van der Waals surface area contributed by atoms with Crippen LogP contribution in [0.5, 0.6) is 0 Å². The number of esters is 4. The topological polar surface area (TPSA) is 237 Å². The van der Waals surface area contributed by atoms with Crippen molar-refractivity contribution < 1.29 is 80.2 Å². The number of carbonyl (C=O) groups is 4. The molecule has 0 aliphatic rings. The SMILES string of the molecule is CCCCCCCCCCCCCCCCCCCCCC(=O)O[C@H](COC(=O)CCCCCCCCCCCCCCCCCCCC)COP(=O)(O)OC[C@@H](O)COP(=O)(O)OC[C@@H](COC(=O)CCCCCCCCC(C)C)OC(=O)CCCCCCCCCCCCCCC. The van der Waals surface area contributed by atoms with Crippen LogP contribution in [0.1, 0.15) is 426 Å². The summed E-state index contributed by atoms with van der Waals surface area (Å²) in [5.74, 6) is -1.43. The molecule has 0 aromatic carbocycles. The highest BCUT2D eigenvalue weighted by atomic mass is 31.2. The largest absolute Gasteiger partial charge is 0.472 e. The molecule has 17 nitrogen and oxygen atoms in total. The molecule has 5 atom stereocenters. The summed E-state index contributed by atoms with van der Waals surface area (Å²) in [7, 11) is -9.91. The van der Waals surface area contributed by atoms with Crippen molar-refractivity contribution in [3.63, 3.8) is 0 Å². The molecular weight excluding hydrogens is 1290 g/mol. The van der Waals surface area contributed by atoms with Gasteiger partial charge in [-0.3, -0.25) is 37.3 Å². The molecule has 0 fully saturated rings. The second-order valence-corrected chi connectivity index (χ2v) is 32.2. The maximum atomic E-state index is 13.1. The first-order valence-electron chi connectivity index (χ1n) is 41.6. The molecule has 0 amide bonds. The van der Waals surface area contributed by atoms with Gasteiger partial charge in [-0.05, 0) is 31.6 Å². The molecule has 2 unspecified atom stereocenters. The van der Waals surface area contributed by atoms with Crippen LogP contribution in [-0.4, -0.2) is 96.7 Å². The standard InChI is InChI=1S/C80H156O17P2/c1-6-9-12-15-18-21-24-27-29-31-33-35-37-40-43-46-49-56-61-66-79(84)96-75(69-90-77(82)63-58-53-47-44-41-39-36-34-32-30-28-25-22-19-16-13-10-7-2)71-94-98(86,87)92-67-74(81)68-93-99(88,89)95-72-76(70-91-78(83)64-59-54-51-50-52-57-62-73(4)5)97-80(85)65-60-55-48-45-42-38-26-23-20-17-14-11-8-3/h73-76,81H,6-72H2,1-5H3,(H,86,87)(H,88,89)/t74-,75-,76-/m1/s1. The number of hydrogen-bond donors (Lipinski definition) is 3. The fourth-order valence-electron chi connectivity index (χ4n) is 12.4. The Labute approximate surface area is 607 Å². The lowest BCUT2D eigenvalue weighted by Crippen LogP contribution is -2.30. The molecule has 19 heteroatoms. The Morgan fingerprint density at radius 1 is 0.273 bits per heavy atom. The van der Waals surface area contributed by atoms with Crippen molar-refractivity contribution in [2.24, 2.45) is 5.92 Å². The van der Waals surface area contributed by atoms with Crippen molar-refractivity contribution in [1.82, 2.24) is 0 Å². The Morgan fingerprint density at radius 3 is 0.687 bits per heavy atom. The van der Waals surface area contributed by atoms with E-state index in [1.807, 2.05) is 0 Å². The van der Waals surface area contributed by atoms with Gasteiger partial charge in [0.1, 0.15) is 19.3 Å². The van der Waals surface area contributed by atoms with Gasteiger partial charge in [0.25, 0.3) is 0 Å². The van der Waals surface area contributed by atoms with Gasteiger partial charge in [0.05, 0.1) is 26.4 Å². The second kappa shape index (κ2) is 73.0. The molecule has 0 spiro atoms. The number of aliphatic hydroxyl groups excluding tert-OH is 1. The van der Waals surface area contributed by atoms with Crippen LogP contribution in [0, 0.1) is 5.92 Å². The van der Waals surface area contributed by atoms with E-state index >= 15 is 0 Å². The van der Waals surface area contributed by atoms with Crippen molar-refractivity contribution in [3.05, 3.63) is 0 Å². The normalized spacial score (nSPS) is 13.9. The summed E-state index contributed by atoms with van der Waals surface area (Å²) in [5, 5.41) is 10.6. The van der Waals surface area contributed by atoms with Gasteiger partial charge in [-0.2, -0.15) is 0 Å². The van der Waals surface area contributed by atoms with Gasteiger partial charge in [0.2, 0.25) is 0 Å². The summed E-state index contributed by atoms with van der Waals surface area (Å²) in [4.78, 5) is 72.9. The predicted octanol–water partition coefficient (Wildman–Crippen LogP) is 24.0. The van der Waals surface area contributed by atoms with Crippen molar-refractivity contribution in [3.8, 4) is 0 Å². The lowest BCUT2D eigenvalue weighted by Gasteiger charge is -2.21. The average molecular weight is 1450 g/mol. The summed E-state index contributed by atoms with van der Waals surface area (Å²) in [5.41, 5.74) is 0. The minimum absolute atomic E-state index is 0.107. The van der Waals surface area contributed by atoms with E-state index < -0.39 is 97.5 Å². The van der Waals surface area contributed by atoms with Crippen LogP contribution in [0.25, 0.3) is 0 Å². The summed E-state index contributed by atoms with van der Waals surface area (Å²) < 4.78 is 68.6.